The molecule has 8 heteroatoms. The van der Waals surface area contributed by atoms with E-state index in [-0.39, 0.29) is 34.2 Å². The number of carboxylic acid groups (broad SMARTS) is 1. The molecule has 3 aromatic rings. The Kier molecular flexibility index (Phi) is 3.30. The van der Waals surface area contributed by atoms with Gasteiger partial charge in [-0.05, 0) is 30.3 Å². The summed E-state index contributed by atoms with van der Waals surface area (Å²) >= 11 is 0. The lowest BCUT2D eigenvalue weighted by Crippen LogP contribution is -2.32. The number of phenols is 2. The van der Waals surface area contributed by atoms with Crippen LogP contribution in [0.4, 0.5) is 10.5 Å². The number of hydrogen-bond donors (Lipinski definition) is 4. The van der Waals surface area contributed by atoms with Gasteiger partial charge in [-0.1, -0.05) is 12.1 Å². The van der Waals surface area contributed by atoms with Gasteiger partial charge in [0.25, 0.3) is 0 Å². The van der Waals surface area contributed by atoms with Crippen LogP contribution >= 0.6 is 0 Å². The van der Waals surface area contributed by atoms with Crippen LogP contribution in [-0.2, 0) is 10.3 Å². The second kappa shape index (κ2) is 5.65. The van der Waals surface area contributed by atoms with Gasteiger partial charge < -0.3 is 24.8 Å². The van der Waals surface area contributed by atoms with E-state index >= 15 is 0 Å². The Morgan fingerprint density at radius 3 is 2.10 bits per heavy atom. The smallest absolute Gasteiger partial charge is 0.409 e. The van der Waals surface area contributed by atoms with Crippen molar-refractivity contribution in [3.63, 3.8) is 0 Å². The second-order valence-electron chi connectivity index (χ2n) is 6.69. The maximum Gasteiger partial charge on any atom is 0.409 e. The van der Waals surface area contributed by atoms with Crippen LogP contribution < -0.4 is 10.1 Å². The SMILES string of the molecule is O=C(O)Nc1cccc2c1C(=O)OC21c2ccc(O)cc2Oc2cc(O)ccc21. The van der Waals surface area contributed by atoms with E-state index in [2.05, 4.69) is 5.32 Å². The molecule has 3 aromatic carbocycles. The third-order valence-electron chi connectivity index (χ3n) is 5.04. The molecule has 0 saturated heterocycles. The molecular weight excluding hydrogens is 378 g/mol. The van der Waals surface area contributed by atoms with Gasteiger partial charge in [0.1, 0.15) is 23.0 Å². The highest BCUT2D eigenvalue weighted by Gasteiger charge is 2.54. The van der Waals surface area contributed by atoms with E-state index in [1.165, 1.54) is 30.3 Å². The first kappa shape index (κ1) is 16.9. The zero-order valence-electron chi connectivity index (χ0n) is 14.7. The van der Waals surface area contributed by atoms with E-state index in [1.54, 1.807) is 24.3 Å². The molecule has 2 heterocycles. The van der Waals surface area contributed by atoms with Crippen molar-refractivity contribution < 1.29 is 34.4 Å². The normalized spacial score (nSPS) is 15.0. The summed E-state index contributed by atoms with van der Waals surface area (Å²) in [6, 6.07) is 13.6. The Labute approximate surface area is 163 Å². The maximum atomic E-state index is 12.9. The molecule has 0 bridgehead atoms. The van der Waals surface area contributed by atoms with Gasteiger partial charge in [0, 0.05) is 28.8 Å². The Bertz CT molecular complexity index is 1170. The van der Waals surface area contributed by atoms with Crippen molar-refractivity contribution in [2.24, 2.45) is 0 Å². The molecular formula is C21H13NO7. The van der Waals surface area contributed by atoms with Gasteiger partial charge in [-0.25, -0.2) is 9.59 Å². The van der Waals surface area contributed by atoms with Gasteiger partial charge >= 0.3 is 12.1 Å². The first-order valence-electron chi connectivity index (χ1n) is 8.62. The van der Waals surface area contributed by atoms with Gasteiger partial charge in [0.05, 0.1) is 11.3 Å². The first-order chi connectivity index (χ1) is 13.9. The molecule has 8 nitrogen and oxygen atoms in total. The Hall–Kier alpha value is -4.20. The van der Waals surface area contributed by atoms with Crippen LogP contribution in [0, 0.1) is 0 Å². The fourth-order valence-electron chi connectivity index (χ4n) is 3.97. The molecule has 0 fully saturated rings. The molecule has 2 aliphatic rings. The number of esters is 1. The summed E-state index contributed by atoms with van der Waals surface area (Å²) in [5, 5.41) is 31.2. The van der Waals surface area contributed by atoms with Crippen molar-refractivity contribution in [2.45, 2.75) is 5.60 Å². The molecule has 4 N–H and O–H groups in total. The van der Waals surface area contributed by atoms with E-state index in [0.29, 0.717) is 16.7 Å². The van der Waals surface area contributed by atoms with E-state index in [4.69, 9.17) is 14.6 Å². The zero-order valence-corrected chi connectivity index (χ0v) is 14.7. The predicted molar refractivity (Wildman–Crippen MR) is 99.7 cm³/mol. The van der Waals surface area contributed by atoms with Crippen LogP contribution in [0.2, 0.25) is 0 Å². The summed E-state index contributed by atoms with van der Waals surface area (Å²) in [5.74, 6) is -0.299. The molecule has 0 radical (unpaired) electrons. The second-order valence-corrected chi connectivity index (χ2v) is 6.69. The largest absolute Gasteiger partial charge is 0.508 e. The van der Waals surface area contributed by atoms with Crippen LogP contribution in [0.25, 0.3) is 0 Å². The van der Waals surface area contributed by atoms with E-state index < -0.39 is 17.7 Å². The van der Waals surface area contributed by atoms with Crippen LogP contribution in [0.5, 0.6) is 23.0 Å². The zero-order chi connectivity index (χ0) is 20.3. The fraction of sp³-hybridized carbons (Fsp3) is 0.0476. The highest BCUT2D eigenvalue weighted by molar-refractivity contribution is 6.04. The number of ether oxygens (including phenoxy) is 2. The van der Waals surface area contributed by atoms with Gasteiger partial charge in [0.15, 0.2) is 5.60 Å². The van der Waals surface area contributed by atoms with Crippen LogP contribution in [-0.4, -0.2) is 27.4 Å². The minimum absolute atomic E-state index is 0.0478. The maximum absolute atomic E-state index is 12.9. The summed E-state index contributed by atoms with van der Waals surface area (Å²) in [4.78, 5) is 24.1. The number of carbonyl (C=O) groups excluding carboxylic acids is 1. The summed E-state index contributed by atoms with van der Waals surface area (Å²) < 4.78 is 11.7. The van der Waals surface area contributed by atoms with Gasteiger partial charge in [-0.3, -0.25) is 5.32 Å². The van der Waals surface area contributed by atoms with Crippen molar-refractivity contribution in [2.75, 3.05) is 5.32 Å². The highest BCUT2D eigenvalue weighted by Crippen LogP contribution is 2.57. The number of fused-ring (bicyclic) bond motifs is 6. The van der Waals surface area contributed by atoms with Gasteiger partial charge in [-0.2, -0.15) is 0 Å². The standard InChI is InChI=1S/C21H13NO7/c23-10-4-6-12-16(8-10)28-17-9-11(24)5-7-13(17)21(12)14-2-1-3-15(22-20(26)27)18(14)19(25)29-21/h1-9,22-24H,(H,26,27). The number of phenolic OH excluding ortho intramolecular Hbond substituents is 2. The lowest BCUT2D eigenvalue weighted by Gasteiger charge is -2.36. The summed E-state index contributed by atoms with van der Waals surface area (Å²) in [5.41, 5.74) is 0.128. The molecule has 0 atom stereocenters. The molecule has 5 rings (SSSR count). The lowest BCUT2D eigenvalue weighted by atomic mass is 9.77. The average Bonchev–Trinajstić information content (AvgIpc) is 2.95. The fourth-order valence-corrected chi connectivity index (χ4v) is 3.97. The third kappa shape index (κ3) is 2.26. The Morgan fingerprint density at radius 2 is 1.52 bits per heavy atom. The van der Waals surface area contributed by atoms with E-state index in [0.717, 1.165) is 0 Å². The van der Waals surface area contributed by atoms with Crippen molar-refractivity contribution >= 4 is 17.7 Å². The number of amides is 1. The van der Waals surface area contributed by atoms with Crippen molar-refractivity contribution in [3.05, 3.63) is 76.9 Å². The lowest BCUT2D eigenvalue weighted by molar-refractivity contribution is 0.0224. The number of anilines is 1. The summed E-state index contributed by atoms with van der Waals surface area (Å²) in [6.07, 6.45) is -1.31. The van der Waals surface area contributed by atoms with Crippen LogP contribution in [0.1, 0.15) is 27.0 Å². The molecule has 0 aromatic heterocycles. The number of rotatable bonds is 1. The van der Waals surface area contributed by atoms with E-state index in [1.807, 2.05) is 0 Å². The summed E-state index contributed by atoms with van der Waals surface area (Å²) in [7, 11) is 0. The topological polar surface area (TPSA) is 125 Å². The van der Waals surface area contributed by atoms with Crippen molar-refractivity contribution in [3.8, 4) is 23.0 Å². The molecule has 144 valence electrons. The molecule has 1 amide bonds. The monoisotopic (exact) mass is 391 g/mol. The molecule has 0 saturated carbocycles. The Morgan fingerprint density at radius 1 is 0.897 bits per heavy atom. The molecule has 0 unspecified atom stereocenters. The average molecular weight is 391 g/mol. The van der Waals surface area contributed by atoms with Crippen LogP contribution in [0.3, 0.4) is 0 Å². The molecule has 0 aliphatic carbocycles. The third-order valence-corrected chi connectivity index (χ3v) is 5.04. The number of aromatic hydroxyl groups is 2. The number of nitrogens with one attached hydrogen (secondary N) is 1. The molecule has 2 aliphatic heterocycles. The van der Waals surface area contributed by atoms with Crippen LogP contribution in [0.15, 0.2) is 54.6 Å². The quantitative estimate of drug-likeness (QED) is 0.466. The predicted octanol–water partition coefficient (Wildman–Crippen LogP) is 3.76. The van der Waals surface area contributed by atoms with E-state index in [9.17, 15) is 19.8 Å². The number of benzene rings is 3. The van der Waals surface area contributed by atoms with Crippen molar-refractivity contribution in [1.82, 2.24) is 0 Å². The summed E-state index contributed by atoms with van der Waals surface area (Å²) in [6.45, 7) is 0. The number of carbonyl (C=O) groups is 2. The van der Waals surface area contributed by atoms with Gasteiger partial charge in [-0.15, -0.1) is 0 Å². The number of hydrogen-bond acceptors (Lipinski definition) is 6. The minimum atomic E-state index is -1.42. The van der Waals surface area contributed by atoms with Gasteiger partial charge in [0.2, 0.25) is 0 Å². The molecule has 29 heavy (non-hydrogen) atoms. The highest BCUT2D eigenvalue weighted by atomic mass is 16.6. The molecule has 1 spiro atoms. The van der Waals surface area contributed by atoms with Crippen molar-refractivity contribution in [1.29, 1.82) is 0 Å². The Balaban J connectivity index is 1.86. The minimum Gasteiger partial charge on any atom is -0.508 e. The first-order valence-corrected chi connectivity index (χ1v) is 8.62.